The summed E-state index contributed by atoms with van der Waals surface area (Å²) in [5.41, 5.74) is 4.18. The summed E-state index contributed by atoms with van der Waals surface area (Å²) in [7, 11) is 1.69. The predicted octanol–water partition coefficient (Wildman–Crippen LogP) is 3.91. The number of aromatic amines is 1. The van der Waals surface area contributed by atoms with Crippen LogP contribution in [0.15, 0.2) is 24.4 Å². The Kier molecular flexibility index (Phi) is 4.05. The highest BCUT2D eigenvalue weighted by molar-refractivity contribution is 6.12. The average molecular weight is 312 g/mol. The minimum atomic E-state index is -0.390. The van der Waals surface area contributed by atoms with Crippen molar-refractivity contribution in [1.29, 1.82) is 0 Å². The van der Waals surface area contributed by atoms with Gasteiger partial charge >= 0.3 is 5.97 Å². The molecule has 1 atom stereocenters. The van der Waals surface area contributed by atoms with Crippen LogP contribution in [-0.2, 0) is 9.47 Å². The molecule has 120 valence electrons. The monoisotopic (exact) mass is 312 g/mol. The van der Waals surface area contributed by atoms with E-state index in [0.717, 1.165) is 32.9 Å². The van der Waals surface area contributed by atoms with E-state index < -0.39 is 5.97 Å². The highest BCUT2D eigenvalue weighted by Gasteiger charge is 2.20. The van der Waals surface area contributed by atoms with Crippen LogP contribution in [0.3, 0.4) is 0 Å². The molecule has 5 nitrogen and oxygen atoms in total. The van der Waals surface area contributed by atoms with Crippen molar-refractivity contribution >= 4 is 27.8 Å². The second kappa shape index (κ2) is 6.01. The zero-order valence-corrected chi connectivity index (χ0v) is 13.8. The first-order valence-corrected chi connectivity index (χ1v) is 7.68. The molecule has 1 unspecified atom stereocenters. The van der Waals surface area contributed by atoms with E-state index in [-0.39, 0.29) is 6.10 Å². The molecule has 0 fully saturated rings. The fourth-order valence-corrected chi connectivity index (χ4v) is 3.00. The summed E-state index contributed by atoms with van der Waals surface area (Å²) in [6.07, 6.45) is 1.65. The number of nitrogens with zero attached hydrogens (tertiary/aromatic N) is 1. The Morgan fingerprint density at radius 1 is 1.30 bits per heavy atom. The van der Waals surface area contributed by atoms with Gasteiger partial charge in [0.15, 0.2) is 5.69 Å². The third-order valence-electron chi connectivity index (χ3n) is 4.20. The molecule has 23 heavy (non-hydrogen) atoms. The Hall–Kier alpha value is -2.40. The number of methoxy groups -OCH3 is 1. The van der Waals surface area contributed by atoms with E-state index in [1.807, 2.05) is 32.0 Å². The van der Waals surface area contributed by atoms with Gasteiger partial charge in [0.1, 0.15) is 0 Å². The Morgan fingerprint density at radius 2 is 2.09 bits per heavy atom. The normalized spacial score (nSPS) is 12.7. The molecule has 0 aliphatic carbocycles. The maximum Gasteiger partial charge on any atom is 0.357 e. The number of benzene rings is 1. The predicted molar refractivity (Wildman–Crippen MR) is 89.7 cm³/mol. The summed E-state index contributed by atoms with van der Waals surface area (Å²) in [5.74, 6) is -0.390. The van der Waals surface area contributed by atoms with E-state index >= 15 is 0 Å². The number of ether oxygens (including phenoxy) is 2. The molecule has 3 aromatic rings. The highest BCUT2D eigenvalue weighted by Crippen LogP contribution is 2.35. The molecule has 0 aliphatic heterocycles. The van der Waals surface area contributed by atoms with Gasteiger partial charge in [-0.2, -0.15) is 0 Å². The van der Waals surface area contributed by atoms with Gasteiger partial charge in [0.05, 0.1) is 24.4 Å². The van der Waals surface area contributed by atoms with Crippen LogP contribution >= 0.6 is 0 Å². The van der Waals surface area contributed by atoms with Gasteiger partial charge in [0.25, 0.3) is 0 Å². The molecule has 0 radical (unpaired) electrons. The summed E-state index contributed by atoms with van der Waals surface area (Å²) in [6.45, 7) is 6.03. The number of hydrogen-bond donors (Lipinski definition) is 1. The second-order valence-electron chi connectivity index (χ2n) is 5.51. The van der Waals surface area contributed by atoms with E-state index in [1.54, 1.807) is 20.2 Å². The molecule has 5 heteroatoms. The van der Waals surface area contributed by atoms with Gasteiger partial charge in [0.2, 0.25) is 0 Å². The van der Waals surface area contributed by atoms with E-state index in [9.17, 15) is 4.79 Å². The number of fused-ring (bicyclic) bond motifs is 3. The molecule has 2 aromatic heterocycles. The fourth-order valence-electron chi connectivity index (χ4n) is 3.00. The van der Waals surface area contributed by atoms with Crippen LogP contribution in [0.5, 0.6) is 0 Å². The smallest absolute Gasteiger partial charge is 0.357 e. The van der Waals surface area contributed by atoms with Crippen LogP contribution in [0, 0.1) is 6.92 Å². The molecule has 0 bridgehead atoms. The zero-order chi connectivity index (χ0) is 16.6. The number of rotatable bonds is 4. The van der Waals surface area contributed by atoms with Gasteiger partial charge in [-0.25, -0.2) is 9.78 Å². The largest absolute Gasteiger partial charge is 0.461 e. The molecule has 3 rings (SSSR count). The van der Waals surface area contributed by atoms with Crippen LogP contribution in [0.4, 0.5) is 0 Å². The van der Waals surface area contributed by atoms with Crippen molar-refractivity contribution in [1.82, 2.24) is 9.97 Å². The number of esters is 1. The first-order valence-electron chi connectivity index (χ1n) is 7.68. The van der Waals surface area contributed by atoms with Gasteiger partial charge in [-0.15, -0.1) is 0 Å². The van der Waals surface area contributed by atoms with Crippen LogP contribution < -0.4 is 0 Å². The molecule has 0 saturated heterocycles. The molecule has 0 aliphatic rings. The van der Waals surface area contributed by atoms with Crippen molar-refractivity contribution in [3.8, 4) is 0 Å². The molecular formula is C18H20N2O3. The van der Waals surface area contributed by atoms with Crippen LogP contribution in [0.2, 0.25) is 0 Å². The second-order valence-corrected chi connectivity index (χ2v) is 5.51. The van der Waals surface area contributed by atoms with Crippen molar-refractivity contribution < 1.29 is 14.3 Å². The summed E-state index contributed by atoms with van der Waals surface area (Å²) in [4.78, 5) is 19.8. The third-order valence-corrected chi connectivity index (χ3v) is 4.20. The van der Waals surface area contributed by atoms with E-state index in [2.05, 4.69) is 9.97 Å². The molecule has 0 saturated carbocycles. The first kappa shape index (κ1) is 15.5. The lowest BCUT2D eigenvalue weighted by Gasteiger charge is -2.12. The van der Waals surface area contributed by atoms with Gasteiger partial charge in [-0.1, -0.05) is 12.1 Å². The van der Waals surface area contributed by atoms with Crippen molar-refractivity contribution in [2.45, 2.75) is 26.9 Å². The summed E-state index contributed by atoms with van der Waals surface area (Å²) in [6, 6.07) is 6.07. The number of carbonyl (C=O) groups excluding carboxylic acids is 1. The summed E-state index contributed by atoms with van der Waals surface area (Å²) < 4.78 is 10.6. The van der Waals surface area contributed by atoms with Gasteiger partial charge in [-0.05, 0) is 38.0 Å². The molecule has 1 N–H and O–H groups in total. The van der Waals surface area contributed by atoms with Crippen LogP contribution in [-0.4, -0.2) is 29.7 Å². The molecule has 0 spiro atoms. The number of aryl methyl sites for hydroxylation is 1. The van der Waals surface area contributed by atoms with Crippen LogP contribution in [0.25, 0.3) is 21.8 Å². The molecule has 1 aromatic carbocycles. The molecule has 0 amide bonds. The number of carbonyl (C=O) groups is 1. The SMILES string of the molecule is CCOC(=O)c1ncc2[nH]c3cccc(C(C)OC)c3c2c1C. The zero-order valence-electron chi connectivity index (χ0n) is 13.8. The number of hydrogen-bond acceptors (Lipinski definition) is 4. The Labute approximate surface area is 134 Å². The summed E-state index contributed by atoms with van der Waals surface area (Å²) in [5, 5.41) is 2.07. The van der Waals surface area contributed by atoms with Crippen molar-refractivity contribution in [3.63, 3.8) is 0 Å². The number of nitrogens with one attached hydrogen (secondary N) is 1. The molecular weight excluding hydrogens is 292 g/mol. The highest BCUT2D eigenvalue weighted by atomic mass is 16.5. The Balaban J connectivity index is 2.34. The van der Waals surface area contributed by atoms with Gasteiger partial charge in [-0.3, -0.25) is 0 Å². The average Bonchev–Trinajstić information content (AvgIpc) is 2.93. The quantitative estimate of drug-likeness (QED) is 0.742. The lowest BCUT2D eigenvalue weighted by Crippen LogP contribution is -2.09. The number of aromatic nitrogens is 2. The van der Waals surface area contributed by atoms with E-state index in [0.29, 0.717) is 12.3 Å². The minimum absolute atomic E-state index is 0.0451. The molecule has 2 heterocycles. The topological polar surface area (TPSA) is 64.2 Å². The van der Waals surface area contributed by atoms with Crippen LogP contribution in [0.1, 0.15) is 41.6 Å². The maximum atomic E-state index is 12.1. The van der Waals surface area contributed by atoms with Crippen molar-refractivity contribution in [2.24, 2.45) is 0 Å². The number of H-pyrrole nitrogens is 1. The van der Waals surface area contributed by atoms with E-state index in [1.165, 1.54) is 0 Å². The lowest BCUT2D eigenvalue weighted by atomic mass is 10.00. The minimum Gasteiger partial charge on any atom is -0.461 e. The van der Waals surface area contributed by atoms with Gasteiger partial charge in [0, 0.05) is 23.4 Å². The Bertz CT molecular complexity index is 883. The summed E-state index contributed by atoms with van der Waals surface area (Å²) >= 11 is 0. The first-order chi connectivity index (χ1) is 11.1. The van der Waals surface area contributed by atoms with Crippen molar-refractivity contribution in [2.75, 3.05) is 13.7 Å². The standard InChI is InChI=1S/C18H20N2O3/c1-5-23-18(21)17-10(2)15-14(9-19-17)20-13-8-6-7-12(16(13)15)11(3)22-4/h6-9,11,20H,5H2,1-4H3. The van der Waals surface area contributed by atoms with E-state index in [4.69, 9.17) is 9.47 Å². The maximum absolute atomic E-state index is 12.1. The lowest BCUT2D eigenvalue weighted by molar-refractivity contribution is 0.0519. The van der Waals surface area contributed by atoms with Crippen molar-refractivity contribution in [3.05, 3.63) is 41.2 Å². The Morgan fingerprint density at radius 3 is 2.78 bits per heavy atom. The van der Waals surface area contributed by atoms with Gasteiger partial charge < -0.3 is 14.5 Å². The number of pyridine rings is 1. The fraction of sp³-hybridized carbons (Fsp3) is 0.333. The third kappa shape index (κ3) is 2.47.